The maximum Gasteiger partial charge on any atom is 0.239 e. The maximum atomic E-state index is 11.9. The number of hydrogen-bond donors (Lipinski definition) is 2. The molecule has 0 fully saturated rings. The van der Waals surface area contributed by atoms with Gasteiger partial charge in [-0.3, -0.25) is 14.0 Å². The van der Waals surface area contributed by atoms with Crippen molar-refractivity contribution in [1.82, 2.24) is 20.0 Å². The van der Waals surface area contributed by atoms with Crippen LogP contribution in [0.4, 0.5) is 0 Å². The number of thiazole rings is 1. The van der Waals surface area contributed by atoms with E-state index in [1.165, 1.54) is 11.3 Å². The average molecular weight is 328 g/mol. The van der Waals surface area contributed by atoms with Crippen molar-refractivity contribution in [2.24, 2.45) is 0 Å². The van der Waals surface area contributed by atoms with Gasteiger partial charge in [-0.15, -0.1) is 11.3 Å². The zero-order valence-corrected chi connectivity index (χ0v) is 13.2. The monoisotopic (exact) mass is 328 g/mol. The second-order valence-electron chi connectivity index (χ2n) is 5.04. The Morgan fingerprint density at radius 3 is 2.74 bits per heavy atom. The third kappa shape index (κ3) is 4.17. The molecule has 2 amide bonds. The van der Waals surface area contributed by atoms with E-state index in [-0.39, 0.29) is 24.8 Å². The largest absolute Gasteiger partial charge is 0.350 e. The fraction of sp³-hybridized carbons (Fsp3) is 0.188. The van der Waals surface area contributed by atoms with Crippen molar-refractivity contribution in [2.75, 3.05) is 6.54 Å². The number of nitrogens with zero attached hydrogens (tertiary/aromatic N) is 2. The van der Waals surface area contributed by atoms with E-state index in [1.54, 1.807) is 0 Å². The lowest BCUT2D eigenvalue weighted by atomic mass is 10.2. The first kappa shape index (κ1) is 15.2. The Morgan fingerprint density at radius 1 is 1.13 bits per heavy atom. The molecule has 0 aliphatic heterocycles. The van der Waals surface area contributed by atoms with Crippen LogP contribution in [-0.4, -0.2) is 27.7 Å². The molecule has 7 heteroatoms. The lowest BCUT2D eigenvalue weighted by Gasteiger charge is -2.06. The summed E-state index contributed by atoms with van der Waals surface area (Å²) >= 11 is 1.51. The smallest absolute Gasteiger partial charge is 0.239 e. The summed E-state index contributed by atoms with van der Waals surface area (Å²) in [5.41, 5.74) is 1.71. The Hall–Kier alpha value is -2.67. The van der Waals surface area contributed by atoms with Gasteiger partial charge in [-0.25, -0.2) is 4.98 Å². The van der Waals surface area contributed by atoms with Gasteiger partial charge in [-0.2, -0.15) is 0 Å². The molecular formula is C16H16N4O2S. The van der Waals surface area contributed by atoms with Crippen molar-refractivity contribution in [3.8, 4) is 0 Å². The van der Waals surface area contributed by atoms with E-state index in [2.05, 4.69) is 15.6 Å². The van der Waals surface area contributed by atoms with Crippen molar-refractivity contribution in [1.29, 1.82) is 0 Å². The zero-order chi connectivity index (χ0) is 16.1. The molecule has 0 unspecified atom stereocenters. The van der Waals surface area contributed by atoms with E-state index >= 15 is 0 Å². The molecule has 0 radical (unpaired) electrons. The number of nitrogens with one attached hydrogen (secondary N) is 2. The first-order valence-electron chi connectivity index (χ1n) is 7.19. The standard InChI is InChI=1S/C16H16N4O2S/c21-14(8-13-11-20-6-7-23-16(20)19-13)18-10-15(22)17-9-12-4-2-1-3-5-12/h1-7,11H,8-10H2,(H,17,22)(H,18,21). The number of carbonyl (C=O) groups excluding carboxylic acids is 2. The Balaban J connectivity index is 1.41. The molecule has 0 aliphatic rings. The normalized spacial score (nSPS) is 10.6. The van der Waals surface area contributed by atoms with Gasteiger partial charge in [0, 0.05) is 24.3 Å². The second-order valence-corrected chi connectivity index (χ2v) is 5.91. The highest BCUT2D eigenvalue weighted by atomic mass is 32.1. The van der Waals surface area contributed by atoms with Crippen LogP contribution in [0, 0.1) is 0 Å². The number of imidazole rings is 1. The highest BCUT2D eigenvalue weighted by Crippen LogP contribution is 2.11. The van der Waals surface area contributed by atoms with Crippen molar-refractivity contribution in [3.05, 3.63) is 59.4 Å². The Labute approximate surface area is 137 Å². The molecular weight excluding hydrogens is 312 g/mol. The van der Waals surface area contributed by atoms with Gasteiger partial charge in [0.15, 0.2) is 4.96 Å². The van der Waals surface area contributed by atoms with Crippen LogP contribution in [0.2, 0.25) is 0 Å². The Kier molecular flexibility index (Phi) is 4.68. The molecule has 6 nitrogen and oxygen atoms in total. The summed E-state index contributed by atoms with van der Waals surface area (Å²) in [6.07, 6.45) is 3.88. The number of rotatable bonds is 6. The quantitative estimate of drug-likeness (QED) is 0.718. The van der Waals surface area contributed by atoms with Gasteiger partial charge in [0.25, 0.3) is 0 Å². The fourth-order valence-corrected chi connectivity index (χ4v) is 2.85. The van der Waals surface area contributed by atoms with E-state index in [9.17, 15) is 9.59 Å². The Morgan fingerprint density at radius 2 is 1.96 bits per heavy atom. The molecule has 0 spiro atoms. The molecule has 23 heavy (non-hydrogen) atoms. The molecule has 0 saturated carbocycles. The van der Waals surface area contributed by atoms with Gasteiger partial charge < -0.3 is 10.6 Å². The lowest BCUT2D eigenvalue weighted by Crippen LogP contribution is -2.37. The van der Waals surface area contributed by atoms with Crippen LogP contribution in [0.3, 0.4) is 0 Å². The van der Waals surface area contributed by atoms with Gasteiger partial charge in [-0.1, -0.05) is 30.3 Å². The van der Waals surface area contributed by atoms with Gasteiger partial charge in [0.2, 0.25) is 11.8 Å². The van der Waals surface area contributed by atoms with Gasteiger partial charge in [0.05, 0.1) is 18.7 Å². The number of hydrogen-bond acceptors (Lipinski definition) is 4. The zero-order valence-electron chi connectivity index (χ0n) is 12.4. The summed E-state index contributed by atoms with van der Waals surface area (Å²) in [4.78, 5) is 28.8. The minimum Gasteiger partial charge on any atom is -0.350 e. The molecule has 118 valence electrons. The van der Waals surface area contributed by atoms with Gasteiger partial charge in [0.1, 0.15) is 0 Å². The summed E-state index contributed by atoms with van der Waals surface area (Å²) in [5, 5.41) is 7.30. The number of carbonyl (C=O) groups is 2. The van der Waals surface area contributed by atoms with E-state index < -0.39 is 0 Å². The minimum atomic E-state index is -0.217. The van der Waals surface area contributed by atoms with E-state index in [0.717, 1.165) is 10.5 Å². The lowest BCUT2D eigenvalue weighted by molar-refractivity contribution is -0.125. The molecule has 2 aromatic heterocycles. The summed E-state index contributed by atoms with van der Waals surface area (Å²) < 4.78 is 1.87. The van der Waals surface area contributed by atoms with Crippen LogP contribution in [0.1, 0.15) is 11.3 Å². The fourth-order valence-electron chi connectivity index (χ4n) is 2.13. The molecule has 2 heterocycles. The maximum absolute atomic E-state index is 11.9. The van der Waals surface area contributed by atoms with Crippen LogP contribution in [-0.2, 0) is 22.6 Å². The molecule has 0 aliphatic carbocycles. The first-order chi connectivity index (χ1) is 11.2. The topological polar surface area (TPSA) is 75.5 Å². The van der Waals surface area contributed by atoms with Gasteiger partial charge in [-0.05, 0) is 5.56 Å². The molecule has 2 N–H and O–H groups in total. The summed E-state index contributed by atoms with van der Waals surface area (Å²) in [6, 6.07) is 9.62. The molecule has 3 rings (SSSR count). The average Bonchev–Trinajstić information content (AvgIpc) is 3.13. The number of benzene rings is 1. The number of amides is 2. The van der Waals surface area contributed by atoms with E-state index in [1.807, 2.05) is 52.5 Å². The molecule has 0 bridgehead atoms. The van der Waals surface area contributed by atoms with Crippen LogP contribution in [0.25, 0.3) is 4.96 Å². The van der Waals surface area contributed by atoms with Crippen molar-refractivity contribution >= 4 is 28.1 Å². The van der Waals surface area contributed by atoms with Crippen molar-refractivity contribution < 1.29 is 9.59 Å². The van der Waals surface area contributed by atoms with Crippen molar-refractivity contribution in [3.63, 3.8) is 0 Å². The number of fused-ring (bicyclic) bond motifs is 1. The summed E-state index contributed by atoms with van der Waals surface area (Å²) in [5.74, 6) is -0.432. The molecule has 0 atom stereocenters. The minimum absolute atomic E-state index is 0.0338. The van der Waals surface area contributed by atoms with Crippen LogP contribution >= 0.6 is 11.3 Å². The molecule has 3 aromatic rings. The summed E-state index contributed by atoms with van der Waals surface area (Å²) in [7, 11) is 0. The SMILES string of the molecule is O=C(CNC(=O)Cc1cn2ccsc2n1)NCc1ccccc1. The van der Waals surface area contributed by atoms with Gasteiger partial charge >= 0.3 is 0 Å². The molecule has 1 aromatic carbocycles. The third-order valence-corrected chi connectivity index (χ3v) is 4.03. The predicted octanol–water partition coefficient (Wildman–Crippen LogP) is 1.37. The van der Waals surface area contributed by atoms with E-state index in [4.69, 9.17) is 0 Å². The molecule has 0 saturated heterocycles. The first-order valence-corrected chi connectivity index (χ1v) is 8.07. The van der Waals surface area contributed by atoms with E-state index in [0.29, 0.717) is 12.2 Å². The highest BCUT2D eigenvalue weighted by molar-refractivity contribution is 7.15. The predicted molar refractivity (Wildman–Crippen MR) is 88.1 cm³/mol. The van der Waals surface area contributed by atoms with Crippen molar-refractivity contribution in [2.45, 2.75) is 13.0 Å². The van der Waals surface area contributed by atoms with Crippen LogP contribution in [0.5, 0.6) is 0 Å². The second kappa shape index (κ2) is 7.06. The summed E-state index contributed by atoms with van der Waals surface area (Å²) in [6.45, 7) is 0.417. The third-order valence-electron chi connectivity index (χ3n) is 3.26. The number of aromatic nitrogens is 2. The van der Waals surface area contributed by atoms with Crippen LogP contribution < -0.4 is 10.6 Å². The highest BCUT2D eigenvalue weighted by Gasteiger charge is 2.09. The Bertz CT molecular complexity index is 781. The van der Waals surface area contributed by atoms with Crippen LogP contribution in [0.15, 0.2) is 48.1 Å².